The molecule has 0 aromatic carbocycles. The summed E-state index contributed by atoms with van der Waals surface area (Å²) in [6, 6.07) is 0. The van der Waals surface area contributed by atoms with Crippen LogP contribution in [0.5, 0.6) is 0 Å². The highest BCUT2D eigenvalue weighted by molar-refractivity contribution is 7.17. The second kappa shape index (κ2) is 4.61. The van der Waals surface area contributed by atoms with E-state index in [-0.39, 0.29) is 0 Å². The Hall–Kier alpha value is -1.43. The number of thiazole rings is 1. The SMILES string of the molecule is CN(C(=O)OC(C)(C)C)c1ncc(C=O)s1. The van der Waals surface area contributed by atoms with Crippen molar-refractivity contribution in [2.24, 2.45) is 0 Å². The molecule has 0 saturated heterocycles. The van der Waals surface area contributed by atoms with Crippen molar-refractivity contribution in [1.29, 1.82) is 0 Å². The van der Waals surface area contributed by atoms with Crippen molar-refractivity contribution < 1.29 is 14.3 Å². The maximum atomic E-state index is 11.6. The molecule has 1 rings (SSSR count). The second-order valence-corrected chi connectivity index (χ2v) is 5.24. The number of hydrogen-bond acceptors (Lipinski definition) is 5. The Balaban J connectivity index is 2.74. The smallest absolute Gasteiger partial charge is 0.416 e. The molecule has 0 saturated carbocycles. The van der Waals surface area contributed by atoms with E-state index in [9.17, 15) is 9.59 Å². The van der Waals surface area contributed by atoms with Gasteiger partial charge in [-0.25, -0.2) is 9.78 Å². The minimum absolute atomic E-state index is 0.441. The number of anilines is 1. The van der Waals surface area contributed by atoms with Crippen molar-refractivity contribution in [1.82, 2.24) is 4.98 Å². The van der Waals surface area contributed by atoms with E-state index < -0.39 is 11.7 Å². The predicted molar refractivity (Wildman–Crippen MR) is 62.1 cm³/mol. The summed E-state index contributed by atoms with van der Waals surface area (Å²) in [6.45, 7) is 5.37. The van der Waals surface area contributed by atoms with E-state index in [0.717, 1.165) is 11.3 Å². The van der Waals surface area contributed by atoms with E-state index >= 15 is 0 Å². The summed E-state index contributed by atoms with van der Waals surface area (Å²) >= 11 is 1.14. The Morgan fingerprint density at radius 2 is 2.19 bits per heavy atom. The number of nitrogens with zero attached hydrogens (tertiary/aromatic N) is 2. The van der Waals surface area contributed by atoms with Crippen LogP contribution < -0.4 is 4.90 Å². The average Bonchev–Trinajstić information content (AvgIpc) is 2.61. The summed E-state index contributed by atoms with van der Waals surface area (Å²) in [7, 11) is 1.56. The van der Waals surface area contributed by atoms with Crippen molar-refractivity contribution in [2.45, 2.75) is 26.4 Å². The van der Waals surface area contributed by atoms with Gasteiger partial charge in [0.05, 0.1) is 11.1 Å². The van der Waals surface area contributed by atoms with Gasteiger partial charge in [-0.2, -0.15) is 0 Å². The molecular formula is C10H14N2O3S. The van der Waals surface area contributed by atoms with Crippen LogP contribution >= 0.6 is 11.3 Å². The van der Waals surface area contributed by atoms with Crippen LogP contribution in [0.1, 0.15) is 30.4 Å². The molecule has 0 fully saturated rings. The Bertz CT molecular complexity index is 395. The molecule has 1 heterocycles. The molecule has 0 unspecified atom stereocenters. The van der Waals surface area contributed by atoms with Gasteiger partial charge < -0.3 is 4.74 Å². The third kappa shape index (κ3) is 3.30. The van der Waals surface area contributed by atoms with Crippen LogP contribution in [0.25, 0.3) is 0 Å². The molecule has 5 nitrogen and oxygen atoms in total. The van der Waals surface area contributed by atoms with E-state index in [1.807, 2.05) is 0 Å². The van der Waals surface area contributed by atoms with Crippen molar-refractivity contribution in [3.8, 4) is 0 Å². The van der Waals surface area contributed by atoms with Crippen LogP contribution in [-0.4, -0.2) is 30.0 Å². The van der Waals surface area contributed by atoms with Crippen LogP contribution in [0, 0.1) is 0 Å². The first-order chi connectivity index (χ1) is 7.33. The number of hydrogen-bond donors (Lipinski definition) is 0. The van der Waals surface area contributed by atoms with Gasteiger partial charge in [0.25, 0.3) is 0 Å². The second-order valence-electron chi connectivity index (χ2n) is 4.20. The van der Waals surface area contributed by atoms with Crippen molar-refractivity contribution >= 4 is 28.8 Å². The fraction of sp³-hybridized carbons (Fsp3) is 0.500. The highest BCUT2D eigenvalue weighted by Crippen LogP contribution is 2.21. The number of rotatable bonds is 2. The number of carbonyl (C=O) groups is 2. The first-order valence-corrected chi connectivity index (χ1v) is 5.53. The highest BCUT2D eigenvalue weighted by atomic mass is 32.1. The quantitative estimate of drug-likeness (QED) is 0.747. The largest absolute Gasteiger partial charge is 0.443 e. The Morgan fingerprint density at radius 1 is 1.56 bits per heavy atom. The van der Waals surface area contributed by atoms with E-state index in [4.69, 9.17) is 4.74 Å². The molecule has 0 aliphatic heterocycles. The molecular weight excluding hydrogens is 228 g/mol. The minimum atomic E-state index is -0.546. The lowest BCUT2D eigenvalue weighted by molar-refractivity contribution is 0.0589. The number of aromatic nitrogens is 1. The van der Waals surface area contributed by atoms with E-state index in [2.05, 4.69) is 4.98 Å². The molecule has 0 radical (unpaired) electrons. The molecule has 0 aliphatic rings. The first-order valence-electron chi connectivity index (χ1n) is 4.71. The third-order valence-corrected chi connectivity index (χ3v) is 2.58. The van der Waals surface area contributed by atoms with Gasteiger partial charge in [0.2, 0.25) is 0 Å². The Labute approximate surface area is 98.0 Å². The zero-order valence-electron chi connectivity index (χ0n) is 9.68. The fourth-order valence-electron chi connectivity index (χ4n) is 0.895. The van der Waals surface area contributed by atoms with Crippen LogP contribution in [0.2, 0.25) is 0 Å². The topological polar surface area (TPSA) is 59.5 Å². The summed E-state index contributed by atoms with van der Waals surface area (Å²) in [6.07, 6.45) is 1.64. The number of ether oxygens (including phenoxy) is 1. The van der Waals surface area contributed by atoms with Gasteiger partial charge in [0, 0.05) is 7.05 Å². The molecule has 0 aliphatic carbocycles. The molecule has 16 heavy (non-hydrogen) atoms. The summed E-state index contributed by atoms with van der Waals surface area (Å²) < 4.78 is 5.16. The van der Waals surface area contributed by atoms with Crippen molar-refractivity contribution in [3.63, 3.8) is 0 Å². The van der Waals surface area contributed by atoms with E-state index in [0.29, 0.717) is 16.3 Å². The molecule has 1 aromatic heterocycles. The minimum Gasteiger partial charge on any atom is -0.443 e. The van der Waals surface area contributed by atoms with E-state index in [1.165, 1.54) is 11.1 Å². The lowest BCUT2D eigenvalue weighted by atomic mass is 10.2. The molecule has 1 aromatic rings. The fourth-order valence-corrected chi connectivity index (χ4v) is 1.58. The molecule has 0 spiro atoms. The van der Waals surface area contributed by atoms with Crippen LogP contribution in [0.4, 0.5) is 9.93 Å². The zero-order valence-corrected chi connectivity index (χ0v) is 10.5. The number of amides is 1. The van der Waals surface area contributed by atoms with Crippen LogP contribution in [0.3, 0.4) is 0 Å². The summed E-state index contributed by atoms with van der Waals surface area (Å²) in [5, 5.41) is 0.441. The van der Waals surface area contributed by atoms with Gasteiger partial charge in [-0.05, 0) is 20.8 Å². The van der Waals surface area contributed by atoms with Gasteiger partial charge in [0.15, 0.2) is 11.4 Å². The van der Waals surface area contributed by atoms with Crippen molar-refractivity contribution in [3.05, 3.63) is 11.1 Å². The lowest BCUT2D eigenvalue weighted by Crippen LogP contribution is -2.34. The molecule has 6 heteroatoms. The maximum absolute atomic E-state index is 11.6. The highest BCUT2D eigenvalue weighted by Gasteiger charge is 2.22. The third-order valence-electron chi connectivity index (χ3n) is 1.58. The lowest BCUT2D eigenvalue weighted by Gasteiger charge is -2.23. The average molecular weight is 242 g/mol. The van der Waals surface area contributed by atoms with E-state index in [1.54, 1.807) is 27.8 Å². The Kier molecular flexibility index (Phi) is 3.64. The number of carbonyl (C=O) groups excluding carboxylic acids is 2. The van der Waals surface area contributed by atoms with Gasteiger partial charge in [-0.3, -0.25) is 9.69 Å². The normalized spacial score (nSPS) is 11.0. The summed E-state index contributed by atoms with van der Waals surface area (Å²) in [5.41, 5.74) is -0.546. The predicted octanol–water partition coefficient (Wildman–Crippen LogP) is 2.33. The summed E-state index contributed by atoms with van der Waals surface area (Å²) in [4.78, 5) is 27.8. The van der Waals surface area contributed by atoms with Gasteiger partial charge in [-0.15, -0.1) is 0 Å². The Morgan fingerprint density at radius 3 is 2.62 bits per heavy atom. The standard InChI is InChI=1S/C10H14N2O3S/c1-10(2,3)15-9(14)12(4)8-11-5-7(6-13)16-8/h5-6H,1-4H3. The summed E-state index contributed by atoms with van der Waals surface area (Å²) in [5.74, 6) is 0. The van der Waals surface area contributed by atoms with Gasteiger partial charge >= 0.3 is 6.09 Å². The molecule has 0 N–H and O–H groups in total. The molecule has 1 amide bonds. The van der Waals surface area contributed by atoms with Crippen molar-refractivity contribution in [2.75, 3.05) is 11.9 Å². The van der Waals surface area contributed by atoms with Gasteiger partial charge in [0.1, 0.15) is 5.60 Å². The maximum Gasteiger partial charge on any atom is 0.416 e. The van der Waals surface area contributed by atoms with Crippen LogP contribution in [-0.2, 0) is 4.74 Å². The number of aldehydes is 1. The van der Waals surface area contributed by atoms with Gasteiger partial charge in [-0.1, -0.05) is 11.3 Å². The first kappa shape index (κ1) is 12.6. The van der Waals surface area contributed by atoms with Crippen LogP contribution in [0.15, 0.2) is 6.20 Å². The monoisotopic (exact) mass is 242 g/mol. The zero-order chi connectivity index (χ0) is 12.3. The molecule has 88 valence electrons. The molecule has 0 bridgehead atoms. The molecule has 0 atom stereocenters.